The van der Waals surface area contributed by atoms with Crippen molar-refractivity contribution in [1.29, 1.82) is 0 Å². The van der Waals surface area contributed by atoms with Crippen LogP contribution < -0.4 is 5.32 Å². The second-order valence-electron chi connectivity index (χ2n) is 2.81. The molecule has 0 saturated heterocycles. The van der Waals surface area contributed by atoms with Crippen molar-refractivity contribution in [2.24, 2.45) is 0 Å². The van der Waals surface area contributed by atoms with Crippen molar-refractivity contribution >= 4 is 22.9 Å². The highest BCUT2D eigenvalue weighted by molar-refractivity contribution is 7.14. The van der Waals surface area contributed by atoms with Gasteiger partial charge in [0.25, 0.3) is 0 Å². The third-order valence-electron chi connectivity index (χ3n) is 1.86. The number of rotatable bonds is 5. The molecule has 0 spiro atoms. The van der Waals surface area contributed by atoms with Gasteiger partial charge in [0.2, 0.25) is 0 Å². The molecule has 1 atom stereocenters. The van der Waals surface area contributed by atoms with E-state index in [0.29, 0.717) is 0 Å². The third kappa shape index (κ3) is 3.27. The Morgan fingerprint density at radius 2 is 2.46 bits per heavy atom. The van der Waals surface area contributed by atoms with Gasteiger partial charge in [-0.3, -0.25) is 0 Å². The molecule has 4 heteroatoms. The van der Waals surface area contributed by atoms with Gasteiger partial charge < -0.3 is 10.4 Å². The van der Waals surface area contributed by atoms with Crippen molar-refractivity contribution < 1.29 is 5.11 Å². The van der Waals surface area contributed by atoms with Gasteiger partial charge in [-0.25, -0.2) is 0 Å². The molecular formula is C9H14ClNOS. The minimum Gasteiger partial charge on any atom is -0.396 e. The first-order valence-corrected chi connectivity index (χ1v) is 5.61. The Bertz CT molecular complexity index is 246. The highest BCUT2D eigenvalue weighted by atomic mass is 35.5. The largest absolute Gasteiger partial charge is 0.396 e. The fourth-order valence-corrected chi connectivity index (χ4v) is 2.21. The number of thiophene rings is 1. The average molecular weight is 220 g/mol. The molecule has 0 aliphatic heterocycles. The summed E-state index contributed by atoms with van der Waals surface area (Å²) >= 11 is 7.36. The number of aliphatic hydroxyl groups is 1. The van der Waals surface area contributed by atoms with Crippen molar-refractivity contribution in [3.05, 3.63) is 21.3 Å². The van der Waals surface area contributed by atoms with E-state index in [1.54, 1.807) is 0 Å². The van der Waals surface area contributed by atoms with Crippen LogP contribution in [0.1, 0.15) is 24.9 Å². The maximum atomic E-state index is 8.86. The molecule has 1 aromatic heterocycles. The van der Waals surface area contributed by atoms with Gasteiger partial charge in [0, 0.05) is 12.6 Å². The Hall–Kier alpha value is -0.0900. The number of aliphatic hydroxyl groups excluding tert-OH is 1. The molecule has 2 nitrogen and oxygen atoms in total. The van der Waals surface area contributed by atoms with Crippen LogP contribution in [0.5, 0.6) is 0 Å². The summed E-state index contributed by atoms with van der Waals surface area (Å²) < 4.78 is 0.802. The maximum absolute atomic E-state index is 8.86. The van der Waals surface area contributed by atoms with Crippen LogP contribution in [0.2, 0.25) is 4.34 Å². The Labute approximate surface area is 87.5 Å². The number of halogens is 1. The van der Waals surface area contributed by atoms with Crippen LogP contribution in [0, 0.1) is 0 Å². The lowest BCUT2D eigenvalue weighted by atomic mass is 10.1. The lowest BCUT2D eigenvalue weighted by molar-refractivity contribution is 0.266. The summed E-state index contributed by atoms with van der Waals surface area (Å²) in [6.07, 6.45) is 0.737. The van der Waals surface area contributed by atoms with Crippen LogP contribution >= 0.6 is 22.9 Å². The zero-order chi connectivity index (χ0) is 9.68. The van der Waals surface area contributed by atoms with Crippen molar-refractivity contribution in [2.45, 2.75) is 19.4 Å². The van der Waals surface area contributed by atoms with E-state index in [2.05, 4.69) is 12.2 Å². The van der Waals surface area contributed by atoms with Crippen molar-refractivity contribution in [1.82, 2.24) is 5.32 Å². The Morgan fingerprint density at radius 3 is 2.92 bits per heavy atom. The first-order chi connectivity index (χ1) is 6.27. The summed E-state index contributed by atoms with van der Waals surface area (Å²) in [7, 11) is 0. The lowest BCUT2D eigenvalue weighted by Gasteiger charge is -2.14. The summed E-state index contributed by atoms with van der Waals surface area (Å²) in [5.74, 6) is 0. The number of hydrogen-bond acceptors (Lipinski definition) is 3. The molecule has 0 amide bonds. The molecule has 0 saturated carbocycles. The standard InChI is InChI=1S/C9H14ClNOS/c1-2-11-8(3-4-12)7-5-9(10)13-6-7/h5-6,8,11-12H,2-4H2,1H3. The molecule has 0 aliphatic carbocycles. The second kappa shape index (κ2) is 5.60. The Kier molecular flexibility index (Phi) is 4.73. The van der Waals surface area contributed by atoms with E-state index in [1.807, 2.05) is 11.4 Å². The normalized spacial score (nSPS) is 13.2. The minimum atomic E-state index is 0.200. The van der Waals surface area contributed by atoms with Gasteiger partial charge in [0.15, 0.2) is 0 Å². The highest BCUT2D eigenvalue weighted by Gasteiger charge is 2.10. The topological polar surface area (TPSA) is 32.3 Å². The molecule has 2 N–H and O–H groups in total. The molecule has 1 aromatic rings. The SMILES string of the molecule is CCNC(CCO)c1csc(Cl)c1. The fourth-order valence-electron chi connectivity index (χ4n) is 1.27. The first-order valence-electron chi connectivity index (χ1n) is 4.36. The quantitative estimate of drug-likeness (QED) is 0.798. The van der Waals surface area contributed by atoms with Crippen LogP contribution in [-0.2, 0) is 0 Å². The van der Waals surface area contributed by atoms with Gasteiger partial charge in [-0.05, 0) is 30.0 Å². The van der Waals surface area contributed by atoms with Gasteiger partial charge >= 0.3 is 0 Å². The molecule has 74 valence electrons. The van der Waals surface area contributed by atoms with Gasteiger partial charge in [0.1, 0.15) is 0 Å². The number of hydrogen-bond donors (Lipinski definition) is 2. The smallest absolute Gasteiger partial charge is 0.0931 e. The zero-order valence-corrected chi connectivity index (χ0v) is 9.16. The van der Waals surface area contributed by atoms with Gasteiger partial charge in [0.05, 0.1) is 4.34 Å². The minimum absolute atomic E-state index is 0.200. The molecule has 1 unspecified atom stereocenters. The molecule has 0 aliphatic rings. The van der Waals surface area contributed by atoms with E-state index in [1.165, 1.54) is 16.9 Å². The summed E-state index contributed by atoms with van der Waals surface area (Å²) in [6, 6.07) is 2.19. The molecule has 0 radical (unpaired) electrons. The van der Waals surface area contributed by atoms with E-state index >= 15 is 0 Å². The summed E-state index contributed by atoms with van der Waals surface area (Å²) in [5, 5.41) is 14.2. The van der Waals surface area contributed by atoms with E-state index in [9.17, 15) is 0 Å². The maximum Gasteiger partial charge on any atom is 0.0931 e. The van der Waals surface area contributed by atoms with E-state index in [4.69, 9.17) is 16.7 Å². The van der Waals surface area contributed by atoms with Crippen molar-refractivity contribution in [3.8, 4) is 0 Å². The van der Waals surface area contributed by atoms with Crippen molar-refractivity contribution in [3.63, 3.8) is 0 Å². The number of nitrogens with one attached hydrogen (secondary N) is 1. The zero-order valence-electron chi connectivity index (χ0n) is 7.59. The van der Waals surface area contributed by atoms with E-state index in [-0.39, 0.29) is 12.6 Å². The molecule has 1 heterocycles. The molecule has 0 bridgehead atoms. The van der Waals surface area contributed by atoms with Crippen LogP contribution in [0.25, 0.3) is 0 Å². The molecule has 1 rings (SSSR count). The van der Waals surface area contributed by atoms with Gasteiger partial charge in [-0.1, -0.05) is 18.5 Å². The highest BCUT2D eigenvalue weighted by Crippen LogP contribution is 2.26. The molecule has 0 fully saturated rings. The first kappa shape index (κ1) is 11.0. The van der Waals surface area contributed by atoms with Crippen molar-refractivity contribution in [2.75, 3.05) is 13.2 Å². The fraction of sp³-hybridized carbons (Fsp3) is 0.556. The monoisotopic (exact) mass is 219 g/mol. The summed E-state index contributed by atoms with van der Waals surface area (Å²) in [5.41, 5.74) is 1.17. The van der Waals surface area contributed by atoms with Crippen LogP contribution in [0.15, 0.2) is 11.4 Å². The van der Waals surface area contributed by atoms with E-state index in [0.717, 1.165) is 17.3 Å². The van der Waals surface area contributed by atoms with Crippen LogP contribution in [0.4, 0.5) is 0 Å². The predicted octanol–water partition coefficient (Wildman–Crippen LogP) is 2.43. The van der Waals surface area contributed by atoms with Gasteiger partial charge in [-0.2, -0.15) is 0 Å². The average Bonchev–Trinajstić information content (AvgIpc) is 2.51. The lowest BCUT2D eigenvalue weighted by Crippen LogP contribution is -2.21. The Morgan fingerprint density at radius 1 is 1.69 bits per heavy atom. The van der Waals surface area contributed by atoms with Crippen LogP contribution in [0.3, 0.4) is 0 Å². The Balaban J connectivity index is 2.63. The van der Waals surface area contributed by atoms with Crippen LogP contribution in [-0.4, -0.2) is 18.3 Å². The summed E-state index contributed by atoms with van der Waals surface area (Å²) in [6.45, 7) is 3.15. The van der Waals surface area contributed by atoms with E-state index < -0.39 is 0 Å². The predicted molar refractivity (Wildman–Crippen MR) is 57.4 cm³/mol. The van der Waals surface area contributed by atoms with Gasteiger partial charge in [-0.15, -0.1) is 11.3 Å². The molecular weight excluding hydrogens is 206 g/mol. The molecule has 0 aromatic carbocycles. The third-order valence-corrected chi connectivity index (χ3v) is 2.97. The molecule has 13 heavy (non-hydrogen) atoms. The second-order valence-corrected chi connectivity index (χ2v) is 4.35. The summed E-state index contributed by atoms with van der Waals surface area (Å²) in [4.78, 5) is 0.